The van der Waals surface area contributed by atoms with Gasteiger partial charge in [0.2, 0.25) is 5.78 Å². The lowest BCUT2D eigenvalue weighted by atomic mass is 9.63. The van der Waals surface area contributed by atoms with Crippen LogP contribution in [0.25, 0.3) is 0 Å². The van der Waals surface area contributed by atoms with Crippen molar-refractivity contribution in [1.82, 2.24) is 5.32 Å². The molecule has 4 heteroatoms. The van der Waals surface area contributed by atoms with E-state index >= 15 is 0 Å². The van der Waals surface area contributed by atoms with Crippen molar-refractivity contribution < 1.29 is 14.3 Å². The monoisotopic (exact) mass is 270 g/mol. The zero-order valence-electron chi connectivity index (χ0n) is 11.2. The maximum atomic E-state index is 12.8. The standard InChI is InChI=1S/C16H16NO3/c18-10-14-15(19)16(7-8-17-14,13-6-9-20-11-13)12-4-2-1-3-5-12/h1-5,13H,6-9,11H2/t13-,16?/m0/s1. The van der Waals surface area contributed by atoms with Gasteiger partial charge in [0.15, 0.2) is 11.6 Å². The van der Waals surface area contributed by atoms with E-state index < -0.39 is 5.41 Å². The molecule has 2 saturated heterocycles. The summed E-state index contributed by atoms with van der Waals surface area (Å²) in [5.41, 5.74) is 0.238. The van der Waals surface area contributed by atoms with Crippen LogP contribution in [0.2, 0.25) is 0 Å². The molecule has 0 spiro atoms. The van der Waals surface area contributed by atoms with E-state index in [2.05, 4.69) is 5.32 Å². The largest absolute Gasteiger partial charge is 0.381 e. The second-order valence-corrected chi connectivity index (χ2v) is 5.31. The highest BCUT2D eigenvalue weighted by atomic mass is 16.5. The fraction of sp³-hybridized carbons (Fsp3) is 0.438. The summed E-state index contributed by atoms with van der Waals surface area (Å²) in [5, 5.41) is 4.02. The second-order valence-electron chi connectivity index (χ2n) is 5.31. The molecular weight excluding hydrogens is 254 g/mol. The van der Waals surface area contributed by atoms with E-state index in [9.17, 15) is 9.59 Å². The maximum absolute atomic E-state index is 12.8. The minimum Gasteiger partial charge on any atom is -0.381 e. The maximum Gasteiger partial charge on any atom is 0.202 e. The number of hydrogen-bond donors (Lipinski definition) is 0. The van der Waals surface area contributed by atoms with E-state index in [0.29, 0.717) is 26.2 Å². The first-order valence-electron chi connectivity index (χ1n) is 6.89. The predicted octanol–water partition coefficient (Wildman–Crippen LogP) is 1.25. The SMILES string of the molecule is O=C=C1[N]CCC(c2ccccc2)([C@H]2CCOC2)C1=O. The van der Waals surface area contributed by atoms with Gasteiger partial charge in [-0.3, -0.25) is 10.1 Å². The number of ether oxygens (including phenoxy) is 1. The predicted molar refractivity (Wildman–Crippen MR) is 72.9 cm³/mol. The first-order valence-corrected chi connectivity index (χ1v) is 6.89. The van der Waals surface area contributed by atoms with Crippen LogP contribution in [0.3, 0.4) is 0 Å². The number of nitrogens with zero attached hydrogens (tertiary/aromatic N) is 1. The molecule has 2 aliphatic rings. The number of rotatable bonds is 2. The van der Waals surface area contributed by atoms with Crippen LogP contribution >= 0.6 is 0 Å². The Hall–Kier alpha value is -1.90. The molecule has 0 amide bonds. The fourth-order valence-corrected chi connectivity index (χ4v) is 3.38. The van der Waals surface area contributed by atoms with Crippen LogP contribution in [0.15, 0.2) is 36.0 Å². The molecular formula is C16H16NO3. The molecule has 1 unspecified atom stereocenters. The summed E-state index contributed by atoms with van der Waals surface area (Å²) in [5.74, 6) is 1.62. The second kappa shape index (κ2) is 5.23. The third kappa shape index (κ3) is 1.89. The van der Waals surface area contributed by atoms with Crippen molar-refractivity contribution in [2.75, 3.05) is 19.8 Å². The molecule has 2 atom stereocenters. The van der Waals surface area contributed by atoms with Gasteiger partial charge in [0.05, 0.1) is 12.0 Å². The Balaban J connectivity index is 2.12. The number of Topliss-reactive ketones (excluding diaryl/α,β-unsaturated/α-hetero) is 1. The normalized spacial score (nSPS) is 29.9. The van der Waals surface area contributed by atoms with Gasteiger partial charge in [0.1, 0.15) is 0 Å². The molecule has 2 fully saturated rings. The molecule has 0 aromatic heterocycles. The molecule has 1 radical (unpaired) electrons. The molecule has 0 N–H and O–H groups in total. The van der Waals surface area contributed by atoms with E-state index in [1.54, 1.807) is 5.94 Å². The van der Waals surface area contributed by atoms with Crippen LogP contribution in [0.4, 0.5) is 0 Å². The molecule has 1 aromatic rings. The van der Waals surface area contributed by atoms with E-state index in [1.807, 2.05) is 30.3 Å². The molecule has 20 heavy (non-hydrogen) atoms. The number of allylic oxidation sites excluding steroid dienone is 1. The van der Waals surface area contributed by atoms with Gasteiger partial charge in [0.25, 0.3) is 0 Å². The average molecular weight is 270 g/mol. The minimum absolute atomic E-state index is 0.0491. The Kier molecular flexibility index (Phi) is 3.43. The van der Waals surface area contributed by atoms with Gasteiger partial charge in [-0.1, -0.05) is 30.3 Å². The van der Waals surface area contributed by atoms with Crippen molar-refractivity contribution in [2.24, 2.45) is 5.92 Å². The van der Waals surface area contributed by atoms with E-state index in [0.717, 1.165) is 12.0 Å². The Bertz CT molecular complexity index is 556. The van der Waals surface area contributed by atoms with Gasteiger partial charge in [0, 0.05) is 19.1 Å². The van der Waals surface area contributed by atoms with Gasteiger partial charge in [-0.05, 0) is 18.4 Å². The summed E-state index contributed by atoms with van der Waals surface area (Å²) in [6, 6.07) is 9.71. The van der Waals surface area contributed by atoms with Crippen LogP contribution in [0.1, 0.15) is 18.4 Å². The summed E-state index contributed by atoms with van der Waals surface area (Å²) >= 11 is 0. The highest BCUT2D eigenvalue weighted by molar-refractivity contribution is 6.09. The number of piperidine rings is 1. The average Bonchev–Trinajstić information content (AvgIpc) is 3.03. The molecule has 0 saturated carbocycles. The Morgan fingerprint density at radius 3 is 2.75 bits per heavy atom. The van der Waals surface area contributed by atoms with Crippen LogP contribution in [0, 0.1) is 5.92 Å². The zero-order chi connectivity index (χ0) is 14.0. The van der Waals surface area contributed by atoms with Gasteiger partial charge in [-0.25, -0.2) is 4.79 Å². The molecule has 0 aliphatic carbocycles. The summed E-state index contributed by atoms with van der Waals surface area (Å²) in [4.78, 5) is 23.8. The quantitative estimate of drug-likeness (QED) is 0.600. The number of carbonyl (C=O) groups is 1. The molecule has 2 aliphatic heterocycles. The third-order valence-corrected chi connectivity index (χ3v) is 4.41. The van der Waals surface area contributed by atoms with Crippen molar-refractivity contribution in [3.63, 3.8) is 0 Å². The molecule has 2 heterocycles. The van der Waals surface area contributed by atoms with Crippen LogP contribution in [-0.2, 0) is 19.7 Å². The lowest BCUT2D eigenvalue weighted by Gasteiger charge is -2.40. The first-order chi connectivity index (χ1) is 9.79. The van der Waals surface area contributed by atoms with Crippen molar-refractivity contribution in [1.29, 1.82) is 0 Å². The van der Waals surface area contributed by atoms with Crippen molar-refractivity contribution in [3.05, 3.63) is 41.6 Å². The smallest absolute Gasteiger partial charge is 0.202 e. The number of benzene rings is 1. The summed E-state index contributed by atoms with van der Waals surface area (Å²) in [6.07, 6.45) is 1.47. The van der Waals surface area contributed by atoms with E-state index in [1.165, 1.54) is 0 Å². The highest BCUT2D eigenvalue weighted by Gasteiger charge is 2.51. The molecule has 0 bridgehead atoms. The zero-order valence-corrected chi connectivity index (χ0v) is 11.2. The molecule has 1 aromatic carbocycles. The van der Waals surface area contributed by atoms with Crippen LogP contribution in [-0.4, -0.2) is 31.5 Å². The lowest BCUT2D eigenvalue weighted by molar-refractivity contribution is -0.124. The summed E-state index contributed by atoms with van der Waals surface area (Å²) in [7, 11) is 0. The van der Waals surface area contributed by atoms with Crippen molar-refractivity contribution in [2.45, 2.75) is 18.3 Å². The number of ketones is 1. The van der Waals surface area contributed by atoms with Crippen molar-refractivity contribution >= 4 is 11.7 Å². The van der Waals surface area contributed by atoms with Gasteiger partial charge < -0.3 is 4.74 Å². The number of hydrogen-bond acceptors (Lipinski definition) is 3. The minimum atomic E-state index is -0.674. The van der Waals surface area contributed by atoms with Crippen LogP contribution < -0.4 is 5.32 Å². The highest BCUT2D eigenvalue weighted by Crippen LogP contribution is 2.43. The first kappa shape index (κ1) is 13.1. The summed E-state index contributed by atoms with van der Waals surface area (Å²) in [6.45, 7) is 1.72. The number of carbonyl (C=O) groups excluding carboxylic acids is 2. The molecule has 103 valence electrons. The van der Waals surface area contributed by atoms with Gasteiger partial charge in [-0.2, -0.15) is 0 Å². The molecule has 3 rings (SSSR count). The Morgan fingerprint density at radius 2 is 2.10 bits per heavy atom. The van der Waals surface area contributed by atoms with Crippen LogP contribution in [0.5, 0.6) is 0 Å². The van der Waals surface area contributed by atoms with Crippen molar-refractivity contribution in [3.8, 4) is 0 Å². The summed E-state index contributed by atoms with van der Waals surface area (Å²) < 4.78 is 5.48. The van der Waals surface area contributed by atoms with E-state index in [-0.39, 0.29) is 17.4 Å². The topological polar surface area (TPSA) is 57.5 Å². The molecule has 4 nitrogen and oxygen atoms in total. The third-order valence-electron chi connectivity index (χ3n) is 4.41. The Morgan fingerprint density at radius 1 is 1.30 bits per heavy atom. The van der Waals surface area contributed by atoms with Gasteiger partial charge in [-0.15, -0.1) is 0 Å². The Labute approximate surface area is 117 Å². The van der Waals surface area contributed by atoms with E-state index in [4.69, 9.17) is 4.74 Å². The fourth-order valence-electron chi connectivity index (χ4n) is 3.38. The van der Waals surface area contributed by atoms with Gasteiger partial charge >= 0.3 is 0 Å². The lowest BCUT2D eigenvalue weighted by Crippen LogP contribution is -2.50.